The first-order chi connectivity index (χ1) is 10.1. The Morgan fingerprint density at radius 1 is 1.24 bits per heavy atom. The van der Waals surface area contributed by atoms with Gasteiger partial charge in [-0.05, 0) is 30.7 Å². The lowest BCUT2D eigenvalue weighted by Crippen LogP contribution is -2.28. The van der Waals surface area contributed by atoms with Gasteiger partial charge >= 0.3 is 0 Å². The number of benzene rings is 1. The van der Waals surface area contributed by atoms with Gasteiger partial charge in [-0.15, -0.1) is 0 Å². The summed E-state index contributed by atoms with van der Waals surface area (Å²) in [6.07, 6.45) is 1.59. The molecule has 0 spiro atoms. The molecule has 1 heterocycles. The van der Waals surface area contributed by atoms with E-state index in [1.165, 1.54) is 4.68 Å². The largest absolute Gasteiger partial charge is 0.493 e. The number of aromatic nitrogens is 2. The van der Waals surface area contributed by atoms with Crippen molar-refractivity contribution in [3.05, 3.63) is 41.7 Å². The molecule has 0 saturated heterocycles. The van der Waals surface area contributed by atoms with Gasteiger partial charge in [-0.2, -0.15) is 5.10 Å². The molecule has 2 aromatic rings. The molecule has 1 aromatic heterocycles. The van der Waals surface area contributed by atoms with E-state index >= 15 is 0 Å². The first-order valence-corrected chi connectivity index (χ1v) is 6.57. The highest BCUT2D eigenvalue weighted by molar-refractivity contribution is 5.92. The van der Waals surface area contributed by atoms with Crippen LogP contribution in [0.4, 0.5) is 0 Å². The molecule has 6 nitrogen and oxygen atoms in total. The van der Waals surface area contributed by atoms with E-state index in [0.29, 0.717) is 17.2 Å². The normalized spacial score (nSPS) is 11.8. The first kappa shape index (κ1) is 14.9. The fraction of sp³-hybridized carbons (Fsp3) is 0.333. The molecule has 1 unspecified atom stereocenters. The highest BCUT2D eigenvalue weighted by Gasteiger charge is 2.15. The van der Waals surface area contributed by atoms with Crippen LogP contribution in [0.25, 0.3) is 0 Å². The van der Waals surface area contributed by atoms with Crippen molar-refractivity contribution < 1.29 is 14.3 Å². The van der Waals surface area contributed by atoms with Crippen molar-refractivity contribution >= 4 is 5.91 Å². The Hall–Kier alpha value is -2.50. The van der Waals surface area contributed by atoms with E-state index in [1.54, 1.807) is 33.5 Å². The Balaban J connectivity index is 2.15. The average molecular weight is 289 g/mol. The van der Waals surface area contributed by atoms with Crippen LogP contribution in [0.2, 0.25) is 0 Å². The van der Waals surface area contributed by atoms with Crippen LogP contribution < -0.4 is 14.8 Å². The van der Waals surface area contributed by atoms with E-state index < -0.39 is 0 Å². The van der Waals surface area contributed by atoms with Gasteiger partial charge in [0.05, 0.1) is 20.3 Å². The fourth-order valence-corrected chi connectivity index (χ4v) is 2.07. The molecule has 1 N–H and O–H groups in total. The van der Waals surface area contributed by atoms with Crippen molar-refractivity contribution in [1.82, 2.24) is 15.1 Å². The van der Waals surface area contributed by atoms with Gasteiger partial charge in [0.2, 0.25) is 0 Å². The molecule has 0 fully saturated rings. The molecular formula is C15H19N3O3. The summed E-state index contributed by atoms with van der Waals surface area (Å²) in [5.74, 6) is 1.13. The summed E-state index contributed by atoms with van der Waals surface area (Å²) in [6.45, 7) is 1.91. The smallest absolute Gasteiger partial charge is 0.270 e. The Kier molecular flexibility index (Phi) is 4.47. The number of nitrogens with one attached hydrogen (secondary N) is 1. The molecule has 21 heavy (non-hydrogen) atoms. The molecule has 112 valence electrons. The van der Waals surface area contributed by atoms with Crippen molar-refractivity contribution in [2.45, 2.75) is 13.0 Å². The number of rotatable bonds is 5. The SMILES string of the molecule is COc1ccc(C(C)NC(=O)c2ccnn2C)cc1OC. The molecule has 6 heteroatoms. The number of hydrogen-bond acceptors (Lipinski definition) is 4. The Morgan fingerprint density at radius 2 is 1.95 bits per heavy atom. The van der Waals surface area contributed by atoms with E-state index in [4.69, 9.17) is 9.47 Å². The molecule has 1 aromatic carbocycles. The summed E-state index contributed by atoms with van der Waals surface area (Å²) in [5.41, 5.74) is 1.45. The van der Waals surface area contributed by atoms with Gasteiger partial charge in [0, 0.05) is 13.2 Å². The van der Waals surface area contributed by atoms with Crippen molar-refractivity contribution in [3.8, 4) is 11.5 Å². The van der Waals surface area contributed by atoms with Gasteiger partial charge in [0.25, 0.3) is 5.91 Å². The van der Waals surface area contributed by atoms with E-state index in [-0.39, 0.29) is 11.9 Å². The van der Waals surface area contributed by atoms with Crippen LogP contribution in [-0.2, 0) is 7.05 Å². The first-order valence-electron chi connectivity index (χ1n) is 6.57. The van der Waals surface area contributed by atoms with Gasteiger partial charge in [0.15, 0.2) is 11.5 Å². The minimum atomic E-state index is -0.169. The number of hydrogen-bond donors (Lipinski definition) is 1. The van der Waals surface area contributed by atoms with Crippen LogP contribution >= 0.6 is 0 Å². The second kappa shape index (κ2) is 6.30. The maximum Gasteiger partial charge on any atom is 0.270 e. The summed E-state index contributed by atoms with van der Waals surface area (Å²) >= 11 is 0. The van der Waals surface area contributed by atoms with Crippen LogP contribution in [0.5, 0.6) is 11.5 Å². The molecule has 2 rings (SSSR count). The number of methoxy groups -OCH3 is 2. The van der Waals surface area contributed by atoms with Crippen LogP contribution in [0.1, 0.15) is 29.0 Å². The predicted octanol–water partition coefficient (Wildman–Crippen LogP) is 1.93. The zero-order valence-electron chi connectivity index (χ0n) is 12.6. The second-order valence-corrected chi connectivity index (χ2v) is 4.65. The summed E-state index contributed by atoms with van der Waals surface area (Å²) in [6, 6.07) is 7.09. The second-order valence-electron chi connectivity index (χ2n) is 4.65. The Bertz CT molecular complexity index is 637. The molecular weight excluding hydrogens is 270 g/mol. The summed E-state index contributed by atoms with van der Waals surface area (Å²) in [7, 11) is 4.90. The number of nitrogens with zero attached hydrogens (tertiary/aromatic N) is 2. The van der Waals surface area contributed by atoms with Crippen molar-refractivity contribution in [3.63, 3.8) is 0 Å². The lowest BCUT2D eigenvalue weighted by Gasteiger charge is -2.16. The number of carbonyl (C=O) groups excluding carboxylic acids is 1. The van der Waals surface area contributed by atoms with E-state index in [0.717, 1.165) is 5.56 Å². The van der Waals surface area contributed by atoms with Gasteiger partial charge in [0.1, 0.15) is 5.69 Å². The van der Waals surface area contributed by atoms with Crippen LogP contribution in [-0.4, -0.2) is 29.9 Å². The molecule has 0 radical (unpaired) electrons. The minimum Gasteiger partial charge on any atom is -0.493 e. The van der Waals surface area contributed by atoms with Crippen LogP contribution in [0.3, 0.4) is 0 Å². The maximum atomic E-state index is 12.2. The van der Waals surface area contributed by atoms with Gasteiger partial charge in [-0.25, -0.2) is 0 Å². The van der Waals surface area contributed by atoms with Gasteiger partial charge in [-0.3, -0.25) is 9.48 Å². The molecule has 0 aliphatic rings. The standard InChI is InChI=1S/C15H19N3O3/c1-10(17-15(19)12-7-8-16-18(12)2)11-5-6-13(20-3)14(9-11)21-4/h5-10H,1-4H3,(H,17,19). The Morgan fingerprint density at radius 3 is 2.52 bits per heavy atom. The third-order valence-electron chi connectivity index (χ3n) is 3.31. The van der Waals surface area contributed by atoms with Crippen molar-refractivity contribution in [2.24, 2.45) is 7.05 Å². The molecule has 0 aliphatic carbocycles. The molecule has 0 aliphatic heterocycles. The van der Waals surface area contributed by atoms with Gasteiger partial charge in [-0.1, -0.05) is 6.07 Å². The molecule has 0 saturated carbocycles. The minimum absolute atomic E-state index is 0.160. The number of carbonyl (C=O) groups is 1. The summed E-state index contributed by atoms with van der Waals surface area (Å²) < 4.78 is 12.0. The summed E-state index contributed by atoms with van der Waals surface area (Å²) in [4.78, 5) is 12.2. The number of aryl methyl sites for hydroxylation is 1. The van der Waals surface area contributed by atoms with Crippen LogP contribution in [0.15, 0.2) is 30.5 Å². The highest BCUT2D eigenvalue weighted by atomic mass is 16.5. The van der Waals surface area contributed by atoms with E-state index in [9.17, 15) is 4.79 Å². The van der Waals surface area contributed by atoms with Crippen LogP contribution in [0, 0.1) is 0 Å². The quantitative estimate of drug-likeness (QED) is 0.913. The topological polar surface area (TPSA) is 65.4 Å². The zero-order valence-corrected chi connectivity index (χ0v) is 12.6. The van der Waals surface area contributed by atoms with E-state index in [1.807, 2.05) is 25.1 Å². The third kappa shape index (κ3) is 3.16. The van der Waals surface area contributed by atoms with E-state index in [2.05, 4.69) is 10.4 Å². The summed E-state index contributed by atoms with van der Waals surface area (Å²) in [5, 5.41) is 6.92. The molecule has 0 bridgehead atoms. The maximum absolute atomic E-state index is 12.2. The predicted molar refractivity (Wildman–Crippen MR) is 78.6 cm³/mol. The lowest BCUT2D eigenvalue weighted by atomic mass is 10.1. The Labute approximate surface area is 123 Å². The third-order valence-corrected chi connectivity index (χ3v) is 3.31. The average Bonchev–Trinajstić information content (AvgIpc) is 2.92. The highest BCUT2D eigenvalue weighted by Crippen LogP contribution is 2.29. The van der Waals surface area contributed by atoms with Crippen molar-refractivity contribution in [2.75, 3.05) is 14.2 Å². The number of ether oxygens (including phenoxy) is 2. The zero-order chi connectivity index (χ0) is 15.4. The monoisotopic (exact) mass is 289 g/mol. The number of amides is 1. The van der Waals surface area contributed by atoms with Crippen molar-refractivity contribution in [1.29, 1.82) is 0 Å². The van der Waals surface area contributed by atoms with Gasteiger partial charge < -0.3 is 14.8 Å². The lowest BCUT2D eigenvalue weighted by molar-refractivity contribution is 0.0930. The molecule has 1 atom stereocenters. The fourth-order valence-electron chi connectivity index (χ4n) is 2.07. The molecule has 1 amide bonds.